The van der Waals surface area contributed by atoms with Crippen molar-refractivity contribution in [1.82, 2.24) is 0 Å². The Morgan fingerprint density at radius 2 is 1.38 bits per heavy atom. The van der Waals surface area contributed by atoms with Gasteiger partial charge in [-0.1, -0.05) is 71.1 Å². The van der Waals surface area contributed by atoms with Crippen molar-refractivity contribution < 1.29 is 51.8 Å². The van der Waals surface area contributed by atoms with E-state index in [1.54, 1.807) is 0 Å². The topological polar surface area (TPSA) is 86.7 Å². The Hall–Kier alpha value is 0.830. The smallest absolute Gasteiger partial charge is 0.726 e. The maximum Gasteiger partial charge on any atom is 1.00 e. The SMILES string of the molecule is CCCCCCCCCCCCC(O)COS(=O)(=O)[O-].[Na+]. The summed E-state index contributed by atoms with van der Waals surface area (Å²) in [6.45, 7) is 1.79. The molecule has 0 radical (unpaired) electrons. The van der Waals surface area contributed by atoms with E-state index >= 15 is 0 Å². The van der Waals surface area contributed by atoms with Crippen LogP contribution in [0.25, 0.3) is 0 Å². The van der Waals surface area contributed by atoms with Crippen molar-refractivity contribution >= 4 is 10.4 Å². The standard InChI is InChI=1S/C14H30O5S.Na/c1-2-3-4-5-6-7-8-9-10-11-12-14(15)13-19-20(16,17)18;/h14-15H,2-13H2,1H3,(H,16,17,18);/q;+1/p-1. The van der Waals surface area contributed by atoms with Crippen LogP contribution >= 0.6 is 0 Å². The molecule has 0 aromatic carbocycles. The Kier molecular flexibility index (Phi) is 18.0. The van der Waals surface area contributed by atoms with E-state index in [4.69, 9.17) is 0 Å². The Labute approximate surface area is 152 Å². The summed E-state index contributed by atoms with van der Waals surface area (Å²) in [5, 5.41) is 9.41. The number of rotatable bonds is 14. The molecule has 1 unspecified atom stereocenters. The third-order valence-electron chi connectivity index (χ3n) is 3.30. The molecule has 0 amide bonds. The zero-order chi connectivity index (χ0) is 15.3. The number of aliphatic hydroxyl groups is 1. The van der Waals surface area contributed by atoms with Gasteiger partial charge in [-0.2, -0.15) is 0 Å². The average Bonchev–Trinajstić information content (AvgIpc) is 2.38. The molecule has 0 fully saturated rings. The quantitative estimate of drug-likeness (QED) is 0.212. The fourth-order valence-electron chi connectivity index (χ4n) is 2.11. The molecule has 0 aliphatic rings. The van der Waals surface area contributed by atoms with Gasteiger partial charge in [-0.25, -0.2) is 8.42 Å². The number of aliphatic hydroxyl groups excluding tert-OH is 1. The van der Waals surface area contributed by atoms with Gasteiger partial charge >= 0.3 is 29.6 Å². The van der Waals surface area contributed by atoms with Gasteiger partial charge < -0.3 is 9.66 Å². The Bertz CT molecular complexity index is 308. The first-order chi connectivity index (χ1) is 9.45. The molecule has 0 aromatic heterocycles. The molecule has 0 saturated carbocycles. The van der Waals surface area contributed by atoms with E-state index in [9.17, 15) is 18.1 Å². The van der Waals surface area contributed by atoms with Crippen molar-refractivity contribution in [2.45, 2.75) is 83.7 Å². The minimum absolute atomic E-state index is 0. The van der Waals surface area contributed by atoms with Crippen LogP contribution in [0.1, 0.15) is 77.6 Å². The van der Waals surface area contributed by atoms with Gasteiger partial charge in [0.1, 0.15) is 0 Å². The van der Waals surface area contributed by atoms with E-state index in [-0.39, 0.29) is 29.6 Å². The summed E-state index contributed by atoms with van der Waals surface area (Å²) >= 11 is 0. The third-order valence-corrected chi connectivity index (χ3v) is 3.72. The van der Waals surface area contributed by atoms with E-state index in [2.05, 4.69) is 11.1 Å². The molecule has 122 valence electrons. The molecule has 1 atom stereocenters. The first-order valence-electron chi connectivity index (χ1n) is 7.74. The number of unbranched alkanes of at least 4 members (excludes halogenated alkanes) is 9. The molecule has 0 aliphatic carbocycles. The van der Waals surface area contributed by atoms with Crippen LogP contribution in [-0.4, -0.2) is 30.8 Å². The van der Waals surface area contributed by atoms with Crippen molar-refractivity contribution in [3.8, 4) is 0 Å². The summed E-state index contributed by atoms with van der Waals surface area (Å²) in [6.07, 6.45) is 11.7. The first-order valence-corrected chi connectivity index (χ1v) is 9.07. The van der Waals surface area contributed by atoms with E-state index in [0.717, 1.165) is 19.3 Å². The monoisotopic (exact) mass is 332 g/mol. The molecule has 0 saturated heterocycles. The molecule has 0 aromatic rings. The molecule has 0 heterocycles. The summed E-state index contributed by atoms with van der Waals surface area (Å²) < 4.78 is 34.6. The summed E-state index contributed by atoms with van der Waals surface area (Å²) in [5.41, 5.74) is 0. The van der Waals surface area contributed by atoms with Crippen LogP contribution in [0, 0.1) is 0 Å². The van der Waals surface area contributed by atoms with Crippen molar-refractivity contribution in [3.05, 3.63) is 0 Å². The molecule has 1 N–H and O–H groups in total. The van der Waals surface area contributed by atoms with Gasteiger partial charge in [0.05, 0.1) is 12.7 Å². The third kappa shape index (κ3) is 20.8. The maximum atomic E-state index is 10.2. The van der Waals surface area contributed by atoms with Gasteiger partial charge in [-0.05, 0) is 6.42 Å². The van der Waals surface area contributed by atoms with Crippen LogP contribution in [0.15, 0.2) is 0 Å². The van der Waals surface area contributed by atoms with Crippen LogP contribution in [0.2, 0.25) is 0 Å². The molecular formula is C14H29NaO5S. The Morgan fingerprint density at radius 3 is 1.81 bits per heavy atom. The van der Waals surface area contributed by atoms with Gasteiger partial charge in [0.25, 0.3) is 0 Å². The maximum absolute atomic E-state index is 10.2. The minimum atomic E-state index is -4.68. The van der Waals surface area contributed by atoms with Gasteiger partial charge in [0.2, 0.25) is 10.4 Å². The van der Waals surface area contributed by atoms with Crippen molar-refractivity contribution in [3.63, 3.8) is 0 Å². The van der Waals surface area contributed by atoms with Crippen molar-refractivity contribution in [1.29, 1.82) is 0 Å². The fraction of sp³-hybridized carbons (Fsp3) is 1.00. The number of hydrogen-bond donors (Lipinski definition) is 1. The second kappa shape index (κ2) is 15.7. The van der Waals surface area contributed by atoms with Crippen molar-refractivity contribution in [2.75, 3.05) is 6.61 Å². The molecule has 0 rings (SSSR count). The normalized spacial score (nSPS) is 12.9. The minimum Gasteiger partial charge on any atom is -0.726 e. The van der Waals surface area contributed by atoms with Crippen LogP contribution in [0.3, 0.4) is 0 Å². The average molecular weight is 332 g/mol. The summed E-state index contributed by atoms with van der Waals surface area (Å²) in [4.78, 5) is 0. The molecule has 0 aliphatic heterocycles. The van der Waals surface area contributed by atoms with E-state index in [1.165, 1.54) is 44.9 Å². The predicted octanol–water partition coefficient (Wildman–Crippen LogP) is 0.139. The van der Waals surface area contributed by atoms with E-state index in [0.29, 0.717) is 6.42 Å². The van der Waals surface area contributed by atoms with Crippen LogP contribution in [0.4, 0.5) is 0 Å². The molecule has 0 spiro atoms. The molecule has 7 heteroatoms. The van der Waals surface area contributed by atoms with Gasteiger partial charge in [-0.15, -0.1) is 0 Å². The van der Waals surface area contributed by atoms with E-state index < -0.39 is 23.1 Å². The molecule has 0 bridgehead atoms. The van der Waals surface area contributed by atoms with Crippen LogP contribution in [-0.2, 0) is 14.6 Å². The summed E-state index contributed by atoms with van der Waals surface area (Å²) in [7, 11) is -4.68. The van der Waals surface area contributed by atoms with Crippen LogP contribution < -0.4 is 29.6 Å². The van der Waals surface area contributed by atoms with Gasteiger partial charge in [-0.3, -0.25) is 4.18 Å². The first kappa shape index (κ1) is 24.1. The summed E-state index contributed by atoms with van der Waals surface area (Å²) in [6, 6.07) is 0. The zero-order valence-electron chi connectivity index (χ0n) is 13.6. The molecule has 21 heavy (non-hydrogen) atoms. The zero-order valence-corrected chi connectivity index (χ0v) is 16.4. The molecule has 5 nitrogen and oxygen atoms in total. The summed E-state index contributed by atoms with van der Waals surface area (Å²) in [5.74, 6) is 0. The van der Waals surface area contributed by atoms with Gasteiger partial charge in [0, 0.05) is 0 Å². The van der Waals surface area contributed by atoms with Crippen LogP contribution in [0.5, 0.6) is 0 Å². The van der Waals surface area contributed by atoms with Crippen molar-refractivity contribution in [2.24, 2.45) is 0 Å². The predicted molar refractivity (Wildman–Crippen MR) is 78.1 cm³/mol. The Balaban J connectivity index is 0. The fourth-order valence-corrected chi connectivity index (χ4v) is 2.44. The second-order valence-electron chi connectivity index (χ2n) is 5.32. The number of hydrogen-bond acceptors (Lipinski definition) is 5. The van der Waals surface area contributed by atoms with E-state index in [1.807, 2.05) is 0 Å². The Morgan fingerprint density at radius 1 is 0.952 bits per heavy atom. The second-order valence-corrected chi connectivity index (χ2v) is 6.37. The molecular weight excluding hydrogens is 303 g/mol. The largest absolute Gasteiger partial charge is 1.00 e. The van der Waals surface area contributed by atoms with Gasteiger partial charge in [0.15, 0.2) is 0 Å².